The molecule has 1 amide bonds. The van der Waals surface area contributed by atoms with E-state index < -0.39 is 0 Å². The van der Waals surface area contributed by atoms with Gasteiger partial charge < -0.3 is 5.32 Å². The lowest BCUT2D eigenvalue weighted by Gasteiger charge is -2.07. The van der Waals surface area contributed by atoms with Crippen LogP contribution in [0.2, 0.25) is 0 Å². The fourth-order valence-electron chi connectivity index (χ4n) is 2.29. The summed E-state index contributed by atoms with van der Waals surface area (Å²) in [6.07, 6.45) is 1.92. The monoisotopic (exact) mass is 273 g/mol. The van der Waals surface area contributed by atoms with Gasteiger partial charge in [-0.2, -0.15) is 0 Å². The lowest BCUT2D eigenvalue weighted by atomic mass is 10.0. The minimum atomic E-state index is -0.247. The molecule has 0 aromatic heterocycles. The van der Waals surface area contributed by atoms with Crippen LogP contribution in [0.3, 0.4) is 0 Å². The van der Waals surface area contributed by atoms with Crippen LogP contribution in [-0.2, 0) is 4.79 Å². The normalized spacial score (nSPS) is 17.2. The van der Waals surface area contributed by atoms with Crippen molar-refractivity contribution in [3.63, 3.8) is 0 Å². The van der Waals surface area contributed by atoms with Crippen molar-refractivity contribution in [2.75, 3.05) is 11.6 Å². The minimum Gasteiger partial charge on any atom is -0.325 e. The van der Waals surface area contributed by atoms with Gasteiger partial charge in [0.15, 0.2) is 0 Å². The quantitative estimate of drug-likeness (QED) is 0.900. The number of benzene rings is 2. The smallest absolute Gasteiger partial charge is 0.242 e. The van der Waals surface area contributed by atoms with Crippen LogP contribution in [0.4, 0.5) is 10.1 Å². The summed E-state index contributed by atoms with van der Waals surface area (Å²) in [6.45, 7) is 0. The summed E-state index contributed by atoms with van der Waals surface area (Å²) in [6, 6.07) is 12.2. The lowest BCUT2D eigenvalue weighted by molar-refractivity contribution is -0.115. The van der Waals surface area contributed by atoms with Crippen molar-refractivity contribution in [3.8, 4) is 11.1 Å². The summed E-state index contributed by atoms with van der Waals surface area (Å²) in [5.41, 5.74) is 3.81. The van der Waals surface area contributed by atoms with Gasteiger partial charge in [-0.3, -0.25) is 4.79 Å². The Morgan fingerprint density at radius 3 is 2.47 bits per heavy atom. The molecule has 2 nitrogen and oxygen atoms in total. The molecule has 0 saturated heterocycles. The SMILES string of the molecule is CSC1C(=O)Nc2ccc(-c3ccc(F)cc3)cc21. The third kappa shape index (κ3) is 2.12. The molecule has 0 aliphatic carbocycles. The van der Waals surface area contributed by atoms with Crippen LogP contribution in [0.15, 0.2) is 42.5 Å². The molecule has 0 saturated carbocycles. The Bertz CT molecular complexity index is 639. The number of carbonyl (C=O) groups is 1. The molecule has 1 heterocycles. The largest absolute Gasteiger partial charge is 0.325 e. The van der Waals surface area contributed by atoms with Crippen molar-refractivity contribution in [2.45, 2.75) is 5.25 Å². The van der Waals surface area contributed by atoms with Crippen LogP contribution in [0, 0.1) is 5.82 Å². The van der Waals surface area contributed by atoms with E-state index in [2.05, 4.69) is 5.32 Å². The standard InChI is InChI=1S/C15H12FNOS/c1-19-14-12-8-10(4-7-13(12)17-15(14)18)9-2-5-11(16)6-3-9/h2-8,14H,1H3,(H,17,18). The molecule has 1 atom stereocenters. The molecule has 1 aliphatic heterocycles. The van der Waals surface area contributed by atoms with Crippen molar-refractivity contribution < 1.29 is 9.18 Å². The molecule has 96 valence electrons. The molecule has 1 unspecified atom stereocenters. The first-order valence-electron chi connectivity index (χ1n) is 5.92. The van der Waals surface area contributed by atoms with E-state index in [-0.39, 0.29) is 17.0 Å². The second-order valence-electron chi connectivity index (χ2n) is 4.41. The molecule has 1 aliphatic rings. The Kier molecular flexibility index (Phi) is 3.03. The van der Waals surface area contributed by atoms with Crippen LogP contribution < -0.4 is 5.32 Å². The van der Waals surface area contributed by atoms with Crippen LogP contribution >= 0.6 is 11.8 Å². The highest BCUT2D eigenvalue weighted by Gasteiger charge is 2.29. The van der Waals surface area contributed by atoms with E-state index in [1.165, 1.54) is 23.9 Å². The summed E-state index contributed by atoms with van der Waals surface area (Å²) in [5.74, 6) is -0.220. The zero-order chi connectivity index (χ0) is 13.4. The lowest BCUT2D eigenvalue weighted by Crippen LogP contribution is -2.08. The molecule has 0 fully saturated rings. The van der Waals surface area contributed by atoms with Gasteiger partial charge in [-0.25, -0.2) is 4.39 Å². The Morgan fingerprint density at radius 2 is 1.79 bits per heavy atom. The number of hydrogen-bond acceptors (Lipinski definition) is 2. The fourth-order valence-corrected chi connectivity index (χ4v) is 3.01. The van der Waals surface area contributed by atoms with Crippen molar-refractivity contribution in [1.82, 2.24) is 0 Å². The van der Waals surface area contributed by atoms with E-state index in [1.807, 2.05) is 24.5 Å². The summed E-state index contributed by atoms with van der Waals surface area (Å²) in [7, 11) is 0. The maximum atomic E-state index is 12.9. The molecular formula is C15H12FNOS. The highest BCUT2D eigenvalue weighted by Crippen LogP contribution is 2.40. The van der Waals surface area contributed by atoms with E-state index in [9.17, 15) is 9.18 Å². The molecular weight excluding hydrogens is 261 g/mol. The number of halogens is 1. The Balaban J connectivity index is 2.05. The van der Waals surface area contributed by atoms with Gasteiger partial charge in [0.2, 0.25) is 5.91 Å². The topological polar surface area (TPSA) is 29.1 Å². The van der Waals surface area contributed by atoms with E-state index in [1.54, 1.807) is 12.1 Å². The number of carbonyl (C=O) groups excluding carboxylic acids is 1. The van der Waals surface area contributed by atoms with E-state index in [4.69, 9.17) is 0 Å². The maximum absolute atomic E-state index is 12.9. The molecule has 4 heteroatoms. The molecule has 2 aromatic carbocycles. The first-order chi connectivity index (χ1) is 9.19. The summed E-state index contributed by atoms with van der Waals surface area (Å²) >= 11 is 1.52. The number of anilines is 1. The van der Waals surface area contributed by atoms with Gasteiger partial charge >= 0.3 is 0 Å². The third-order valence-corrected chi connectivity index (χ3v) is 4.18. The number of thioether (sulfide) groups is 1. The number of rotatable bonds is 2. The average molecular weight is 273 g/mol. The van der Waals surface area contributed by atoms with Gasteiger partial charge in [0.25, 0.3) is 0 Å². The van der Waals surface area contributed by atoms with Crippen LogP contribution in [0.1, 0.15) is 10.8 Å². The van der Waals surface area contributed by atoms with Crippen molar-refractivity contribution in [3.05, 3.63) is 53.8 Å². The first kappa shape index (κ1) is 12.2. The van der Waals surface area contributed by atoms with Crippen LogP contribution in [0.5, 0.6) is 0 Å². The maximum Gasteiger partial charge on any atom is 0.242 e. The zero-order valence-electron chi connectivity index (χ0n) is 10.3. The van der Waals surface area contributed by atoms with Crippen molar-refractivity contribution in [1.29, 1.82) is 0 Å². The van der Waals surface area contributed by atoms with Crippen molar-refractivity contribution >= 4 is 23.4 Å². The van der Waals surface area contributed by atoms with Crippen molar-refractivity contribution in [2.24, 2.45) is 0 Å². The Morgan fingerprint density at radius 1 is 1.11 bits per heavy atom. The van der Waals surface area contributed by atoms with Crippen LogP contribution in [-0.4, -0.2) is 12.2 Å². The molecule has 0 radical (unpaired) electrons. The van der Waals surface area contributed by atoms with Crippen LogP contribution in [0.25, 0.3) is 11.1 Å². The second-order valence-corrected chi connectivity index (χ2v) is 5.36. The van der Waals surface area contributed by atoms with Gasteiger partial charge in [-0.15, -0.1) is 11.8 Å². The first-order valence-corrected chi connectivity index (χ1v) is 7.21. The van der Waals surface area contributed by atoms with Gasteiger partial charge in [-0.1, -0.05) is 18.2 Å². The predicted molar refractivity (Wildman–Crippen MR) is 76.7 cm³/mol. The second kappa shape index (κ2) is 4.70. The van der Waals surface area contributed by atoms with Gasteiger partial charge in [-0.05, 0) is 47.2 Å². The predicted octanol–water partition coefficient (Wildman–Crippen LogP) is 3.85. The van der Waals surface area contributed by atoms with E-state index in [0.29, 0.717) is 0 Å². The highest BCUT2D eigenvalue weighted by molar-refractivity contribution is 7.99. The van der Waals surface area contributed by atoms with Gasteiger partial charge in [0, 0.05) is 5.69 Å². The Hall–Kier alpha value is -1.81. The minimum absolute atomic E-state index is 0.0266. The number of hydrogen-bond donors (Lipinski definition) is 1. The highest BCUT2D eigenvalue weighted by atomic mass is 32.2. The summed E-state index contributed by atoms with van der Waals surface area (Å²) in [4.78, 5) is 11.8. The third-order valence-electron chi connectivity index (χ3n) is 3.24. The molecule has 0 bridgehead atoms. The summed E-state index contributed by atoms with van der Waals surface area (Å²) < 4.78 is 12.9. The number of fused-ring (bicyclic) bond motifs is 1. The molecule has 19 heavy (non-hydrogen) atoms. The van der Waals surface area contributed by atoms with E-state index >= 15 is 0 Å². The van der Waals surface area contributed by atoms with Gasteiger partial charge in [0.1, 0.15) is 11.1 Å². The fraction of sp³-hybridized carbons (Fsp3) is 0.133. The van der Waals surface area contributed by atoms with E-state index in [0.717, 1.165) is 22.4 Å². The number of nitrogens with one attached hydrogen (secondary N) is 1. The molecule has 2 aromatic rings. The average Bonchev–Trinajstić information content (AvgIpc) is 2.74. The van der Waals surface area contributed by atoms with Gasteiger partial charge in [0.05, 0.1) is 0 Å². The molecule has 3 rings (SSSR count). The zero-order valence-corrected chi connectivity index (χ0v) is 11.1. The Labute approximate surface area is 115 Å². The molecule has 0 spiro atoms. The number of amides is 1. The molecule has 1 N–H and O–H groups in total. The summed E-state index contributed by atoms with van der Waals surface area (Å²) in [5, 5.41) is 2.71.